The Morgan fingerprint density at radius 1 is 1.45 bits per heavy atom. The summed E-state index contributed by atoms with van der Waals surface area (Å²) in [5.41, 5.74) is -0.268. The van der Waals surface area contributed by atoms with Crippen molar-refractivity contribution in [1.82, 2.24) is 24.4 Å². The molecule has 0 spiro atoms. The van der Waals surface area contributed by atoms with Crippen molar-refractivity contribution in [2.45, 2.75) is 0 Å². The van der Waals surface area contributed by atoms with Gasteiger partial charge in [0.15, 0.2) is 0 Å². The minimum atomic E-state index is -0.268. The first-order chi connectivity index (χ1) is 5.29. The van der Waals surface area contributed by atoms with Crippen LogP contribution in [0, 0.1) is 0 Å². The summed E-state index contributed by atoms with van der Waals surface area (Å²) in [4.78, 5) is 14.8. The SMILES string of the molecule is Cn1ncc(=O)n2ncnc12. The molecule has 0 aliphatic rings. The van der Waals surface area contributed by atoms with E-state index in [1.54, 1.807) is 7.05 Å². The lowest BCUT2D eigenvalue weighted by molar-refractivity contribution is 0.703. The average Bonchev–Trinajstić information content (AvgIpc) is 2.45. The van der Waals surface area contributed by atoms with E-state index in [1.165, 1.54) is 21.7 Å². The van der Waals surface area contributed by atoms with Crippen LogP contribution in [0.2, 0.25) is 0 Å². The van der Waals surface area contributed by atoms with Crippen LogP contribution in [-0.4, -0.2) is 24.4 Å². The van der Waals surface area contributed by atoms with E-state index >= 15 is 0 Å². The van der Waals surface area contributed by atoms with Crippen molar-refractivity contribution in [3.63, 3.8) is 0 Å². The van der Waals surface area contributed by atoms with E-state index in [0.717, 1.165) is 0 Å². The molecule has 0 unspecified atom stereocenters. The van der Waals surface area contributed by atoms with Crippen LogP contribution in [0.1, 0.15) is 0 Å². The Morgan fingerprint density at radius 3 is 3.00 bits per heavy atom. The van der Waals surface area contributed by atoms with Gasteiger partial charge < -0.3 is 0 Å². The van der Waals surface area contributed by atoms with Gasteiger partial charge in [0.05, 0.1) is 0 Å². The Hall–Kier alpha value is -1.72. The molecule has 0 saturated heterocycles. The first-order valence-electron chi connectivity index (χ1n) is 3.01. The highest BCUT2D eigenvalue weighted by Gasteiger charge is 2.00. The molecule has 2 heterocycles. The summed E-state index contributed by atoms with van der Waals surface area (Å²) >= 11 is 0. The Balaban J connectivity index is 3.08. The standard InChI is InChI=1S/C5H5N5O/c1-9-5-6-3-8-10(5)4(11)2-7-9/h2-3H,1H3. The Labute approximate surface area is 61.1 Å². The molecule has 2 aromatic heterocycles. The fourth-order valence-corrected chi connectivity index (χ4v) is 0.854. The zero-order valence-electron chi connectivity index (χ0n) is 5.80. The van der Waals surface area contributed by atoms with E-state index in [1.807, 2.05) is 0 Å². The van der Waals surface area contributed by atoms with Crippen molar-refractivity contribution in [2.75, 3.05) is 0 Å². The van der Waals surface area contributed by atoms with Crippen LogP contribution in [0.4, 0.5) is 0 Å². The summed E-state index contributed by atoms with van der Waals surface area (Å²) in [6.45, 7) is 0. The van der Waals surface area contributed by atoms with Crippen molar-refractivity contribution in [2.24, 2.45) is 7.05 Å². The van der Waals surface area contributed by atoms with Crippen LogP contribution in [-0.2, 0) is 7.05 Å². The molecule has 2 aromatic rings. The monoisotopic (exact) mass is 151 g/mol. The Morgan fingerprint density at radius 2 is 2.27 bits per heavy atom. The normalized spacial score (nSPS) is 10.6. The van der Waals surface area contributed by atoms with Gasteiger partial charge in [-0.05, 0) is 0 Å². The van der Waals surface area contributed by atoms with E-state index in [-0.39, 0.29) is 5.56 Å². The third kappa shape index (κ3) is 0.721. The summed E-state index contributed by atoms with van der Waals surface area (Å²) in [5, 5.41) is 7.47. The third-order valence-corrected chi connectivity index (χ3v) is 1.37. The first kappa shape index (κ1) is 6.02. The molecule has 0 aliphatic carbocycles. The van der Waals surface area contributed by atoms with Crippen LogP contribution in [0.5, 0.6) is 0 Å². The molecule has 0 atom stereocenters. The molecule has 6 heteroatoms. The summed E-state index contributed by atoms with van der Waals surface area (Å²) in [6, 6.07) is 0. The van der Waals surface area contributed by atoms with Gasteiger partial charge >= 0.3 is 0 Å². The molecule has 0 N–H and O–H groups in total. The maximum atomic E-state index is 11.0. The minimum Gasteiger partial charge on any atom is -0.265 e. The highest BCUT2D eigenvalue weighted by atomic mass is 16.1. The number of hydrogen-bond donors (Lipinski definition) is 0. The molecule has 0 saturated carbocycles. The number of aromatic nitrogens is 5. The van der Waals surface area contributed by atoms with Gasteiger partial charge in [0.1, 0.15) is 12.5 Å². The van der Waals surface area contributed by atoms with Crippen LogP contribution in [0.3, 0.4) is 0 Å². The van der Waals surface area contributed by atoms with E-state index in [9.17, 15) is 4.79 Å². The summed E-state index contributed by atoms with van der Waals surface area (Å²) in [6.07, 6.45) is 2.51. The van der Waals surface area contributed by atoms with E-state index in [2.05, 4.69) is 15.2 Å². The molecule has 0 bridgehead atoms. The molecule has 0 fully saturated rings. The molecular weight excluding hydrogens is 146 g/mol. The van der Waals surface area contributed by atoms with Crippen molar-refractivity contribution in [1.29, 1.82) is 0 Å². The smallest absolute Gasteiger partial charge is 0.265 e. The predicted octanol–water partition coefficient (Wildman–Crippen LogP) is -1.18. The molecule has 0 radical (unpaired) electrons. The molecule has 56 valence electrons. The van der Waals surface area contributed by atoms with Crippen molar-refractivity contribution < 1.29 is 0 Å². The lowest BCUT2D eigenvalue weighted by Crippen LogP contribution is -2.18. The fourth-order valence-electron chi connectivity index (χ4n) is 0.854. The van der Waals surface area contributed by atoms with Crippen LogP contribution < -0.4 is 5.56 Å². The van der Waals surface area contributed by atoms with E-state index in [4.69, 9.17) is 0 Å². The van der Waals surface area contributed by atoms with Crippen molar-refractivity contribution in [3.8, 4) is 0 Å². The Bertz CT molecular complexity index is 441. The van der Waals surface area contributed by atoms with Gasteiger partial charge in [-0.2, -0.15) is 14.6 Å². The second-order valence-electron chi connectivity index (χ2n) is 2.08. The third-order valence-electron chi connectivity index (χ3n) is 1.37. The van der Waals surface area contributed by atoms with Crippen molar-refractivity contribution in [3.05, 3.63) is 22.9 Å². The molecule has 0 aliphatic heterocycles. The van der Waals surface area contributed by atoms with Gasteiger partial charge in [-0.3, -0.25) is 4.79 Å². The lowest BCUT2D eigenvalue weighted by atomic mass is 10.8. The second-order valence-corrected chi connectivity index (χ2v) is 2.08. The molecule has 0 aromatic carbocycles. The topological polar surface area (TPSA) is 65.1 Å². The first-order valence-corrected chi connectivity index (χ1v) is 3.01. The number of aryl methyl sites for hydroxylation is 1. The van der Waals surface area contributed by atoms with Crippen molar-refractivity contribution >= 4 is 5.78 Å². The highest BCUT2D eigenvalue weighted by Crippen LogP contribution is 1.86. The van der Waals surface area contributed by atoms with Crippen LogP contribution >= 0.6 is 0 Å². The largest absolute Gasteiger partial charge is 0.294 e. The summed E-state index contributed by atoms with van der Waals surface area (Å²) < 4.78 is 2.67. The maximum absolute atomic E-state index is 11.0. The lowest BCUT2D eigenvalue weighted by Gasteiger charge is -1.94. The van der Waals surface area contributed by atoms with Gasteiger partial charge in [0.25, 0.3) is 11.3 Å². The zero-order chi connectivity index (χ0) is 7.84. The highest BCUT2D eigenvalue weighted by molar-refractivity contribution is 5.22. The summed E-state index contributed by atoms with van der Waals surface area (Å²) in [5.74, 6) is 0.442. The number of rotatable bonds is 0. The van der Waals surface area contributed by atoms with Gasteiger partial charge in [-0.15, -0.1) is 5.10 Å². The quantitative estimate of drug-likeness (QED) is 0.475. The maximum Gasteiger partial charge on any atom is 0.294 e. The van der Waals surface area contributed by atoms with Gasteiger partial charge in [-0.1, -0.05) is 0 Å². The van der Waals surface area contributed by atoms with Gasteiger partial charge in [-0.25, -0.2) is 4.68 Å². The van der Waals surface area contributed by atoms with E-state index < -0.39 is 0 Å². The molecule has 11 heavy (non-hydrogen) atoms. The zero-order valence-corrected chi connectivity index (χ0v) is 5.80. The number of hydrogen-bond acceptors (Lipinski definition) is 4. The molecule has 0 amide bonds. The Kier molecular flexibility index (Phi) is 1.03. The molecule has 6 nitrogen and oxygen atoms in total. The van der Waals surface area contributed by atoms with Gasteiger partial charge in [0, 0.05) is 7.05 Å². The minimum absolute atomic E-state index is 0.268. The van der Waals surface area contributed by atoms with Gasteiger partial charge in [0.2, 0.25) is 0 Å². The van der Waals surface area contributed by atoms with Crippen LogP contribution in [0.15, 0.2) is 17.3 Å². The number of nitrogens with zero attached hydrogens (tertiary/aromatic N) is 5. The predicted molar refractivity (Wildman–Crippen MR) is 36.0 cm³/mol. The molecular formula is C5H5N5O. The van der Waals surface area contributed by atoms with E-state index in [0.29, 0.717) is 5.78 Å². The van der Waals surface area contributed by atoms with Crippen LogP contribution in [0.25, 0.3) is 5.78 Å². The second kappa shape index (κ2) is 1.88. The summed E-state index contributed by atoms with van der Waals surface area (Å²) in [7, 11) is 1.70. The average molecular weight is 151 g/mol. The number of fused-ring (bicyclic) bond motifs is 1. The molecule has 2 rings (SSSR count). The fraction of sp³-hybridized carbons (Fsp3) is 0.200.